The van der Waals surface area contributed by atoms with Crippen molar-refractivity contribution in [2.24, 2.45) is 11.8 Å². The molecule has 120 valence electrons. The number of carbonyl (C=O) groups excluding carboxylic acids is 1. The molecule has 0 saturated heterocycles. The molecule has 0 spiro atoms. The van der Waals surface area contributed by atoms with Crippen LogP contribution in [-0.4, -0.2) is 29.6 Å². The topological polar surface area (TPSA) is 75.6 Å². The Morgan fingerprint density at radius 1 is 1.32 bits per heavy atom. The number of carboxylic acids is 1. The van der Waals surface area contributed by atoms with Gasteiger partial charge in [-0.15, -0.1) is 0 Å². The zero-order chi connectivity index (χ0) is 16.1. The van der Waals surface area contributed by atoms with E-state index >= 15 is 0 Å². The molecule has 0 bridgehead atoms. The van der Waals surface area contributed by atoms with Crippen molar-refractivity contribution in [1.29, 1.82) is 0 Å². The Morgan fingerprint density at radius 2 is 1.95 bits per heavy atom. The summed E-state index contributed by atoms with van der Waals surface area (Å²) in [6.45, 7) is 2.25. The van der Waals surface area contributed by atoms with Crippen LogP contribution in [0.15, 0.2) is 24.3 Å². The van der Waals surface area contributed by atoms with E-state index in [0.29, 0.717) is 36.6 Å². The van der Waals surface area contributed by atoms with Gasteiger partial charge in [-0.2, -0.15) is 0 Å². The molecule has 1 aliphatic rings. The van der Waals surface area contributed by atoms with Crippen molar-refractivity contribution < 1.29 is 19.4 Å². The van der Waals surface area contributed by atoms with Gasteiger partial charge in [0.2, 0.25) is 5.91 Å². The highest BCUT2D eigenvalue weighted by molar-refractivity contribution is 6.30. The van der Waals surface area contributed by atoms with Crippen molar-refractivity contribution in [2.75, 3.05) is 6.54 Å². The fourth-order valence-electron chi connectivity index (χ4n) is 2.62. The standard InChI is InChI=1S/C16H20ClNO4/c1-10(22-14-6-4-13(17)5-7-14)9-18-15(19)11-2-3-12(8-11)16(20)21/h4-7,10-12H,2-3,8-9H2,1H3,(H,18,19)(H,20,21)/t10?,11-,12+/m1/s1. The lowest BCUT2D eigenvalue weighted by molar-refractivity contribution is -0.141. The number of hydrogen-bond donors (Lipinski definition) is 2. The Balaban J connectivity index is 1.74. The fraction of sp³-hybridized carbons (Fsp3) is 0.500. The van der Waals surface area contributed by atoms with Gasteiger partial charge in [0.25, 0.3) is 0 Å². The molecule has 3 atom stereocenters. The zero-order valence-corrected chi connectivity index (χ0v) is 13.2. The van der Waals surface area contributed by atoms with Gasteiger partial charge in [-0.05, 0) is 50.5 Å². The summed E-state index contributed by atoms with van der Waals surface area (Å²) in [7, 11) is 0. The maximum Gasteiger partial charge on any atom is 0.306 e. The largest absolute Gasteiger partial charge is 0.489 e. The van der Waals surface area contributed by atoms with Crippen LogP contribution in [0.3, 0.4) is 0 Å². The van der Waals surface area contributed by atoms with Gasteiger partial charge in [0.05, 0.1) is 12.5 Å². The van der Waals surface area contributed by atoms with Crippen molar-refractivity contribution >= 4 is 23.5 Å². The first-order valence-electron chi connectivity index (χ1n) is 7.38. The monoisotopic (exact) mass is 325 g/mol. The van der Waals surface area contributed by atoms with Crippen LogP contribution in [0.4, 0.5) is 0 Å². The molecule has 2 N–H and O–H groups in total. The van der Waals surface area contributed by atoms with Crippen LogP contribution in [0, 0.1) is 11.8 Å². The molecular formula is C16H20ClNO4. The van der Waals surface area contributed by atoms with E-state index in [1.807, 2.05) is 6.92 Å². The first-order valence-corrected chi connectivity index (χ1v) is 7.76. The van der Waals surface area contributed by atoms with Crippen molar-refractivity contribution in [1.82, 2.24) is 5.32 Å². The molecule has 0 aliphatic heterocycles. The predicted octanol–water partition coefficient (Wildman–Crippen LogP) is 2.72. The van der Waals surface area contributed by atoms with E-state index in [4.69, 9.17) is 21.4 Å². The molecule has 5 nitrogen and oxygen atoms in total. The first-order chi connectivity index (χ1) is 10.5. The molecule has 1 fully saturated rings. The van der Waals surface area contributed by atoms with Crippen LogP contribution >= 0.6 is 11.6 Å². The lowest BCUT2D eigenvalue weighted by Gasteiger charge is -2.17. The highest BCUT2D eigenvalue weighted by Crippen LogP contribution is 2.31. The molecule has 0 radical (unpaired) electrons. The summed E-state index contributed by atoms with van der Waals surface area (Å²) in [6, 6.07) is 7.03. The van der Waals surface area contributed by atoms with Crippen molar-refractivity contribution in [3.8, 4) is 5.75 Å². The number of aliphatic carboxylic acids is 1. The average Bonchev–Trinajstić information content (AvgIpc) is 2.97. The Hall–Kier alpha value is -1.75. The second-order valence-corrected chi connectivity index (χ2v) is 6.11. The molecule has 0 aromatic heterocycles. The highest BCUT2D eigenvalue weighted by Gasteiger charge is 2.33. The number of ether oxygens (including phenoxy) is 1. The SMILES string of the molecule is CC(CNC(=O)[C@@H]1CC[C@H](C(=O)O)C1)Oc1ccc(Cl)cc1. The molecular weight excluding hydrogens is 306 g/mol. The third kappa shape index (κ3) is 4.63. The third-order valence-electron chi connectivity index (χ3n) is 3.87. The second-order valence-electron chi connectivity index (χ2n) is 5.67. The molecule has 0 heterocycles. The van der Waals surface area contributed by atoms with Crippen LogP contribution in [0.25, 0.3) is 0 Å². The summed E-state index contributed by atoms with van der Waals surface area (Å²) in [6.07, 6.45) is 1.45. The quantitative estimate of drug-likeness (QED) is 0.843. The van der Waals surface area contributed by atoms with Crippen LogP contribution in [-0.2, 0) is 9.59 Å². The smallest absolute Gasteiger partial charge is 0.306 e. The van der Waals surface area contributed by atoms with Crippen LogP contribution in [0.2, 0.25) is 5.02 Å². The number of halogens is 1. The third-order valence-corrected chi connectivity index (χ3v) is 4.12. The lowest BCUT2D eigenvalue weighted by Crippen LogP contribution is -2.36. The number of carbonyl (C=O) groups is 2. The van der Waals surface area contributed by atoms with E-state index in [0.717, 1.165) is 0 Å². The van der Waals surface area contributed by atoms with Crippen molar-refractivity contribution in [3.05, 3.63) is 29.3 Å². The molecule has 1 unspecified atom stereocenters. The maximum atomic E-state index is 12.0. The number of rotatable bonds is 6. The van der Waals surface area contributed by atoms with Gasteiger partial charge in [-0.25, -0.2) is 0 Å². The minimum atomic E-state index is -0.810. The van der Waals surface area contributed by atoms with Crippen molar-refractivity contribution in [2.45, 2.75) is 32.3 Å². The van der Waals surface area contributed by atoms with E-state index < -0.39 is 11.9 Å². The summed E-state index contributed by atoms with van der Waals surface area (Å²) in [5.74, 6) is -0.801. The predicted molar refractivity (Wildman–Crippen MR) is 83.0 cm³/mol. The molecule has 1 amide bonds. The first kappa shape index (κ1) is 16.6. The number of benzene rings is 1. The van der Waals surface area contributed by atoms with E-state index in [9.17, 15) is 9.59 Å². The van der Waals surface area contributed by atoms with Gasteiger partial charge < -0.3 is 15.2 Å². The van der Waals surface area contributed by atoms with Gasteiger partial charge in [-0.3, -0.25) is 9.59 Å². The van der Waals surface area contributed by atoms with E-state index in [1.54, 1.807) is 24.3 Å². The Labute approximate surface area is 134 Å². The summed E-state index contributed by atoms with van der Waals surface area (Å²) in [4.78, 5) is 22.9. The summed E-state index contributed by atoms with van der Waals surface area (Å²) >= 11 is 5.80. The second kappa shape index (κ2) is 7.49. The molecule has 2 rings (SSSR count). The fourth-order valence-corrected chi connectivity index (χ4v) is 2.75. The van der Waals surface area contributed by atoms with Crippen LogP contribution in [0.1, 0.15) is 26.2 Å². The number of carboxylic acid groups (broad SMARTS) is 1. The zero-order valence-electron chi connectivity index (χ0n) is 12.4. The Morgan fingerprint density at radius 3 is 2.55 bits per heavy atom. The van der Waals surface area contributed by atoms with Crippen LogP contribution in [0.5, 0.6) is 5.75 Å². The molecule has 1 saturated carbocycles. The molecule has 1 aromatic carbocycles. The van der Waals surface area contributed by atoms with Gasteiger partial charge >= 0.3 is 5.97 Å². The van der Waals surface area contributed by atoms with E-state index in [1.165, 1.54) is 0 Å². The highest BCUT2D eigenvalue weighted by atomic mass is 35.5. The minimum absolute atomic E-state index is 0.0877. The molecule has 1 aromatic rings. The van der Waals surface area contributed by atoms with Crippen LogP contribution < -0.4 is 10.1 Å². The molecule has 1 aliphatic carbocycles. The number of nitrogens with one attached hydrogen (secondary N) is 1. The van der Waals surface area contributed by atoms with Crippen molar-refractivity contribution in [3.63, 3.8) is 0 Å². The van der Waals surface area contributed by atoms with Gasteiger partial charge in [-0.1, -0.05) is 11.6 Å². The van der Waals surface area contributed by atoms with E-state index in [2.05, 4.69) is 5.32 Å². The minimum Gasteiger partial charge on any atom is -0.489 e. The van der Waals surface area contributed by atoms with Gasteiger partial charge in [0.15, 0.2) is 0 Å². The molecule has 6 heteroatoms. The van der Waals surface area contributed by atoms with E-state index in [-0.39, 0.29) is 17.9 Å². The average molecular weight is 326 g/mol. The summed E-state index contributed by atoms with van der Waals surface area (Å²) in [5.41, 5.74) is 0. The Bertz CT molecular complexity index is 531. The van der Waals surface area contributed by atoms with Gasteiger partial charge in [0.1, 0.15) is 11.9 Å². The number of hydrogen-bond acceptors (Lipinski definition) is 3. The number of amides is 1. The van der Waals surface area contributed by atoms with Gasteiger partial charge in [0, 0.05) is 10.9 Å². The lowest BCUT2D eigenvalue weighted by atomic mass is 10.0. The normalized spacial score (nSPS) is 22.1. The summed E-state index contributed by atoms with van der Waals surface area (Å²) < 4.78 is 5.67. The summed E-state index contributed by atoms with van der Waals surface area (Å²) in [5, 5.41) is 12.4. The molecule has 22 heavy (non-hydrogen) atoms. The Kier molecular flexibility index (Phi) is 5.66. The maximum absolute atomic E-state index is 12.0.